The third kappa shape index (κ3) is 7.43. The molecule has 0 bridgehead atoms. The van der Waals surface area contributed by atoms with Crippen LogP contribution in [-0.2, 0) is 4.79 Å². The van der Waals surface area contributed by atoms with Gasteiger partial charge < -0.3 is 11.1 Å². The van der Waals surface area contributed by atoms with E-state index in [2.05, 4.69) is 30.1 Å². The molecule has 0 atom stereocenters. The number of benzene rings is 1. The number of carbonyl (C=O) groups is 1. The molecule has 14 heavy (non-hydrogen) atoms. The van der Waals surface area contributed by atoms with E-state index in [0.717, 1.165) is 6.54 Å². The highest BCUT2D eigenvalue weighted by Crippen LogP contribution is 2.02. The van der Waals surface area contributed by atoms with Crippen molar-refractivity contribution >= 4 is 23.2 Å². The number of alkyl halides is 1. The van der Waals surface area contributed by atoms with E-state index in [1.165, 1.54) is 5.69 Å². The molecule has 1 aromatic carbocycles. The van der Waals surface area contributed by atoms with Gasteiger partial charge in [-0.3, -0.25) is 4.79 Å². The summed E-state index contributed by atoms with van der Waals surface area (Å²) < 4.78 is 0. The van der Waals surface area contributed by atoms with Crippen LogP contribution in [0.15, 0.2) is 30.3 Å². The van der Waals surface area contributed by atoms with Crippen molar-refractivity contribution in [2.75, 3.05) is 17.7 Å². The van der Waals surface area contributed by atoms with E-state index in [1.807, 2.05) is 18.2 Å². The minimum atomic E-state index is -0.480. The second kappa shape index (κ2) is 8.38. The van der Waals surface area contributed by atoms with Gasteiger partial charge in [0.25, 0.3) is 0 Å². The molecule has 1 aromatic rings. The average Bonchev–Trinajstić information content (AvgIpc) is 2.21. The molecule has 0 radical (unpaired) electrons. The summed E-state index contributed by atoms with van der Waals surface area (Å²) in [7, 11) is 0. The van der Waals surface area contributed by atoms with E-state index in [0.29, 0.717) is 0 Å². The van der Waals surface area contributed by atoms with Crippen LogP contribution in [0.2, 0.25) is 0 Å². The van der Waals surface area contributed by atoms with Crippen LogP contribution >= 0.6 is 11.6 Å². The molecule has 0 saturated heterocycles. The first-order chi connectivity index (χ1) is 6.70. The fourth-order valence-corrected chi connectivity index (χ4v) is 0.760. The summed E-state index contributed by atoms with van der Waals surface area (Å²) in [5, 5.41) is 3.21. The number of rotatable bonds is 3. The Hall–Kier alpha value is -1.22. The quantitative estimate of drug-likeness (QED) is 0.755. The Morgan fingerprint density at radius 1 is 1.43 bits per heavy atom. The molecule has 1 amide bonds. The van der Waals surface area contributed by atoms with Crippen LogP contribution < -0.4 is 11.1 Å². The summed E-state index contributed by atoms with van der Waals surface area (Å²) in [5.41, 5.74) is 5.72. The molecule has 0 heterocycles. The summed E-state index contributed by atoms with van der Waals surface area (Å²) in [5.74, 6) is -0.563. The van der Waals surface area contributed by atoms with E-state index in [-0.39, 0.29) is 5.88 Å². The van der Waals surface area contributed by atoms with E-state index < -0.39 is 5.91 Å². The van der Waals surface area contributed by atoms with Gasteiger partial charge in [0.05, 0.1) is 0 Å². The molecule has 78 valence electrons. The molecule has 0 aliphatic heterocycles. The summed E-state index contributed by atoms with van der Waals surface area (Å²) in [4.78, 5) is 9.46. The van der Waals surface area contributed by atoms with Gasteiger partial charge in [0, 0.05) is 12.2 Å². The highest BCUT2D eigenvalue weighted by molar-refractivity contribution is 6.27. The Bertz CT molecular complexity index is 252. The van der Waals surface area contributed by atoms with Crippen molar-refractivity contribution in [3.63, 3.8) is 0 Å². The highest BCUT2D eigenvalue weighted by atomic mass is 35.5. The predicted octanol–water partition coefficient (Wildman–Crippen LogP) is 1.83. The highest BCUT2D eigenvalue weighted by Gasteiger charge is 1.81. The second-order valence-corrected chi connectivity index (χ2v) is 2.76. The lowest BCUT2D eigenvalue weighted by molar-refractivity contribution is -0.115. The van der Waals surface area contributed by atoms with Crippen molar-refractivity contribution in [2.24, 2.45) is 5.73 Å². The summed E-state index contributed by atoms with van der Waals surface area (Å²) in [6, 6.07) is 10.2. The van der Waals surface area contributed by atoms with Gasteiger partial charge >= 0.3 is 0 Å². The van der Waals surface area contributed by atoms with Crippen LogP contribution in [0.25, 0.3) is 0 Å². The van der Waals surface area contributed by atoms with Crippen LogP contribution in [0.1, 0.15) is 6.92 Å². The molecule has 0 unspecified atom stereocenters. The molecule has 0 fully saturated rings. The lowest BCUT2D eigenvalue weighted by Crippen LogP contribution is -2.10. The lowest BCUT2D eigenvalue weighted by Gasteiger charge is -1.99. The summed E-state index contributed by atoms with van der Waals surface area (Å²) in [6.45, 7) is 3.08. The van der Waals surface area contributed by atoms with Crippen LogP contribution in [-0.4, -0.2) is 18.3 Å². The summed E-state index contributed by atoms with van der Waals surface area (Å²) in [6.07, 6.45) is 0. The Balaban J connectivity index is 0.000000292. The first-order valence-corrected chi connectivity index (χ1v) is 4.87. The molecule has 3 nitrogen and oxygen atoms in total. The van der Waals surface area contributed by atoms with Crippen molar-refractivity contribution in [3.8, 4) is 0 Å². The minimum absolute atomic E-state index is 0.0833. The first kappa shape index (κ1) is 12.8. The average molecular weight is 215 g/mol. The topological polar surface area (TPSA) is 55.1 Å². The van der Waals surface area contributed by atoms with Gasteiger partial charge in [-0.15, -0.1) is 11.6 Å². The van der Waals surface area contributed by atoms with Crippen LogP contribution in [0, 0.1) is 0 Å². The number of carbonyl (C=O) groups excluding carboxylic acids is 1. The van der Waals surface area contributed by atoms with Crippen molar-refractivity contribution in [2.45, 2.75) is 6.92 Å². The third-order valence-corrected chi connectivity index (χ3v) is 1.55. The third-order valence-electron chi connectivity index (χ3n) is 1.29. The van der Waals surface area contributed by atoms with Crippen molar-refractivity contribution < 1.29 is 4.79 Å². The number of nitrogens with one attached hydrogen (secondary N) is 1. The Morgan fingerprint density at radius 2 is 1.93 bits per heavy atom. The molecule has 0 saturated carbocycles. The van der Waals surface area contributed by atoms with E-state index in [9.17, 15) is 4.79 Å². The number of nitrogens with two attached hydrogens (primary N) is 1. The van der Waals surface area contributed by atoms with Crippen molar-refractivity contribution in [1.29, 1.82) is 0 Å². The number of hydrogen-bond acceptors (Lipinski definition) is 2. The van der Waals surface area contributed by atoms with E-state index in [4.69, 9.17) is 11.6 Å². The normalized spacial score (nSPS) is 8.43. The van der Waals surface area contributed by atoms with Gasteiger partial charge in [-0.2, -0.15) is 0 Å². The molecule has 0 aliphatic carbocycles. The zero-order chi connectivity index (χ0) is 10.8. The Labute approximate surface area is 89.3 Å². The van der Waals surface area contributed by atoms with E-state index in [1.54, 1.807) is 0 Å². The van der Waals surface area contributed by atoms with Crippen LogP contribution in [0.3, 0.4) is 0 Å². The fraction of sp³-hybridized carbons (Fsp3) is 0.300. The van der Waals surface area contributed by atoms with Gasteiger partial charge in [-0.25, -0.2) is 0 Å². The second-order valence-electron chi connectivity index (χ2n) is 2.50. The lowest BCUT2D eigenvalue weighted by atomic mass is 10.3. The maximum Gasteiger partial charge on any atom is 0.232 e. The van der Waals surface area contributed by atoms with Crippen LogP contribution in [0.5, 0.6) is 0 Å². The largest absolute Gasteiger partial charge is 0.385 e. The van der Waals surface area contributed by atoms with Gasteiger partial charge in [-0.1, -0.05) is 18.2 Å². The van der Waals surface area contributed by atoms with Gasteiger partial charge in [0.1, 0.15) is 5.88 Å². The Kier molecular flexibility index (Phi) is 7.65. The predicted molar refractivity (Wildman–Crippen MR) is 60.5 cm³/mol. The molecule has 3 N–H and O–H groups in total. The number of primary amides is 1. The van der Waals surface area contributed by atoms with Gasteiger partial charge in [-0.05, 0) is 19.1 Å². The smallest absolute Gasteiger partial charge is 0.232 e. The van der Waals surface area contributed by atoms with Crippen molar-refractivity contribution in [3.05, 3.63) is 30.3 Å². The number of amides is 1. The van der Waals surface area contributed by atoms with Gasteiger partial charge in [0.2, 0.25) is 5.91 Å². The molecule has 0 aliphatic rings. The van der Waals surface area contributed by atoms with E-state index >= 15 is 0 Å². The maximum atomic E-state index is 9.46. The van der Waals surface area contributed by atoms with Crippen LogP contribution in [0.4, 0.5) is 5.69 Å². The monoisotopic (exact) mass is 214 g/mol. The zero-order valence-corrected chi connectivity index (χ0v) is 8.92. The number of hydrogen-bond donors (Lipinski definition) is 2. The number of para-hydroxylation sites is 1. The number of anilines is 1. The minimum Gasteiger partial charge on any atom is -0.385 e. The zero-order valence-electron chi connectivity index (χ0n) is 8.16. The SMILES string of the molecule is CCNc1ccccc1.NC(=O)CCl. The maximum absolute atomic E-state index is 9.46. The van der Waals surface area contributed by atoms with Crippen molar-refractivity contribution in [1.82, 2.24) is 0 Å². The molecular formula is C10H15ClN2O. The number of halogens is 1. The molecule has 0 aromatic heterocycles. The standard InChI is InChI=1S/C8H11N.C2H4ClNO/c1-2-9-8-6-4-3-5-7-8;3-1-2(4)5/h3-7,9H,2H2,1H3;1H2,(H2,4,5). The summed E-state index contributed by atoms with van der Waals surface area (Å²) >= 11 is 4.86. The Morgan fingerprint density at radius 3 is 2.29 bits per heavy atom. The molecule has 4 heteroatoms. The fourth-order valence-electron chi connectivity index (χ4n) is 0.760. The molecule has 0 spiro atoms. The molecular weight excluding hydrogens is 200 g/mol. The first-order valence-electron chi connectivity index (χ1n) is 4.33. The van der Waals surface area contributed by atoms with Gasteiger partial charge in [0.15, 0.2) is 0 Å². The molecule has 1 rings (SSSR count).